The largest absolute Gasteiger partial charge is 0.459 e. The van der Waals surface area contributed by atoms with Crippen molar-refractivity contribution in [1.29, 1.82) is 0 Å². The number of hydrogen-bond donors (Lipinski definition) is 3. The van der Waals surface area contributed by atoms with E-state index in [0.717, 1.165) is 60.8 Å². The summed E-state index contributed by atoms with van der Waals surface area (Å²) in [5.41, 5.74) is 4.72. The number of unbranched alkanes of at least 4 members (excludes halogenated alkanes) is 2. The molecule has 0 aromatic heterocycles. The SMILES string of the molecule is C=CCO[C@@]12Oc3ccc(Oc4ccc(-c5ccccc5)cc4)cc3[C@H]3[C@H](CCCCO)[C@@H](CCCCO)C=C(C(=NOC4CCCCO4)C[C@@H]1N(CCOCCO)C(=O)OC)[C@H]32. The fourth-order valence-electron chi connectivity index (χ4n) is 9.93. The van der Waals surface area contributed by atoms with Crippen molar-refractivity contribution in [3.05, 3.63) is 103 Å². The van der Waals surface area contributed by atoms with E-state index in [9.17, 15) is 20.1 Å². The van der Waals surface area contributed by atoms with Crippen LogP contribution in [0.5, 0.6) is 17.2 Å². The van der Waals surface area contributed by atoms with Gasteiger partial charge in [0.2, 0.25) is 12.1 Å². The van der Waals surface area contributed by atoms with Crippen molar-refractivity contribution < 1.29 is 53.4 Å². The van der Waals surface area contributed by atoms with Crippen molar-refractivity contribution in [3.63, 3.8) is 0 Å². The van der Waals surface area contributed by atoms with Gasteiger partial charge in [0.1, 0.15) is 23.3 Å². The van der Waals surface area contributed by atoms with Crippen LogP contribution in [0.15, 0.2) is 102 Å². The normalized spacial score (nSPS) is 25.5. The van der Waals surface area contributed by atoms with Crippen LogP contribution < -0.4 is 9.47 Å². The number of aliphatic hydroxyl groups is 3. The molecule has 13 nitrogen and oxygen atoms in total. The first-order valence-corrected chi connectivity index (χ1v) is 22.7. The summed E-state index contributed by atoms with van der Waals surface area (Å²) in [5.74, 6) is -0.212. The number of nitrogens with zero attached hydrogens (tertiary/aromatic N) is 2. The van der Waals surface area contributed by atoms with Gasteiger partial charge >= 0.3 is 6.09 Å². The average molecular weight is 869 g/mol. The van der Waals surface area contributed by atoms with Crippen molar-refractivity contribution >= 4 is 11.8 Å². The summed E-state index contributed by atoms with van der Waals surface area (Å²) < 4.78 is 38.1. The number of carbonyl (C=O) groups is 1. The predicted octanol–water partition coefficient (Wildman–Crippen LogP) is 8.38. The molecule has 0 radical (unpaired) electrons. The molecule has 63 heavy (non-hydrogen) atoms. The second kappa shape index (κ2) is 22.7. The van der Waals surface area contributed by atoms with Crippen molar-refractivity contribution in [2.24, 2.45) is 22.9 Å². The Morgan fingerprint density at radius 1 is 0.921 bits per heavy atom. The van der Waals surface area contributed by atoms with E-state index in [-0.39, 0.29) is 70.4 Å². The molecule has 1 unspecified atom stereocenters. The van der Waals surface area contributed by atoms with E-state index in [2.05, 4.69) is 43.0 Å². The molecular formula is C50H64N2O11. The quantitative estimate of drug-likeness (QED) is 0.0506. The molecule has 2 aliphatic carbocycles. The van der Waals surface area contributed by atoms with Gasteiger partial charge in [-0.1, -0.05) is 72.6 Å². The van der Waals surface area contributed by atoms with Crippen molar-refractivity contribution in [2.75, 3.05) is 59.9 Å². The highest BCUT2D eigenvalue weighted by Crippen LogP contribution is 2.62. The molecule has 0 bridgehead atoms. The van der Waals surface area contributed by atoms with Crippen LogP contribution in [0.3, 0.4) is 0 Å². The first kappa shape index (κ1) is 46.2. The molecule has 7 rings (SSSR count). The number of fused-ring (bicyclic) bond motifs is 2. The monoisotopic (exact) mass is 868 g/mol. The molecule has 2 aliphatic heterocycles. The van der Waals surface area contributed by atoms with E-state index in [4.69, 9.17) is 38.4 Å². The molecule has 13 heteroatoms. The summed E-state index contributed by atoms with van der Waals surface area (Å²) in [6.07, 6.45) is 10.2. The Morgan fingerprint density at radius 3 is 2.40 bits per heavy atom. The number of benzene rings is 3. The Labute approximate surface area is 371 Å². The predicted molar refractivity (Wildman–Crippen MR) is 239 cm³/mol. The van der Waals surface area contributed by atoms with Gasteiger partial charge in [-0.25, -0.2) is 4.79 Å². The van der Waals surface area contributed by atoms with Crippen LogP contribution in [0.4, 0.5) is 4.79 Å². The molecule has 1 amide bonds. The number of ether oxygens (including phenoxy) is 6. The molecule has 3 aromatic rings. The summed E-state index contributed by atoms with van der Waals surface area (Å²) in [7, 11) is 1.35. The number of oxime groups is 1. The lowest BCUT2D eigenvalue weighted by Crippen LogP contribution is -2.70. The maximum atomic E-state index is 14.0. The van der Waals surface area contributed by atoms with E-state index >= 15 is 0 Å². The van der Waals surface area contributed by atoms with Gasteiger partial charge < -0.3 is 48.6 Å². The van der Waals surface area contributed by atoms with E-state index in [1.807, 2.05) is 42.5 Å². The minimum atomic E-state index is -1.47. The number of aliphatic hydroxyl groups excluding tert-OH is 3. The third kappa shape index (κ3) is 10.8. The van der Waals surface area contributed by atoms with Crippen molar-refractivity contribution in [1.82, 2.24) is 4.90 Å². The maximum Gasteiger partial charge on any atom is 0.410 e. The summed E-state index contributed by atoms with van der Waals surface area (Å²) in [6.45, 7) is 5.08. The lowest BCUT2D eigenvalue weighted by atomic mass is 9.55. The minimum Gasteiger partial charge on any atom is -0.459 e. The molecule has 2 heterocycles. The summed E-state index contributed by atoms with van der Waals surface area (Å²) >= 11 is 0. The second-order valence-corrected chi connectivity index (χ2v) is 16.7. The van der Waals surface area contributed by atoms with Crippen molar-refractivity contribution in [2.45, 2.75) is 88.2 Å². The Bertz CT molecular complexity index is 1990. The van der Waals surface area contributed by atoms with Gasteiger partial charge in [-0.3, -0.25) is 4.90 Å². The summed E-state index contributed by atoms with van der Waals surface area (Å²) in [4.78, 5) is 21.8. The maximum absolute atomic E-state index is 14.0. The third-order valence-corrected chi connectivity index (χ3v) is 12.8. The van der Waals surface area contributed by atoms with Crippen LogP contribution in [-0.2, 0) is 23.8 Å². The lowest BCUT2D eigenvalue weighted by Gasteiger charge is -2.59. The van der Waals surface area contributed by atoms with Gasteiger partial charge in [0.15, 0.2) is 0 Å². The first-order valence-electron chi connectivity index (χ1n) is 22.7. The van der Waals surface area contributed by atoms with Crippen LogP contribution >= 0.6 is 0 Å². The summed E-state index contributed by atoms with van der Waals surface area (Å²) in [5, 5.41) is 34.3. The highest BCUT2D eigenvalue weighted by Gasteiger charge is 2.65. The highest BCUT2D eigenvalue weighted by atomic mass is 16.8. The lowest BCUT2D eigenvalue weighted by molar-refractivity contribution is -0.256. The van der Waals surface area contributed by atoms with Crippen LogP contribution in [0.1, 0.15) is 75.7 Å². The number of amides is 1. The Hall–Kier alpha value is -4.76. The fraction of sp³-hybridized carbons (Fsp3) is 0.520. The Kier molecular flexibility index (Phi) is 16.7. The van der Waals surface area contributed by atoms with Crippen molar-refractivity contribution in [3.8, 4) is 28.4 Å². The minimum absolute atomic E-state index is 0.0285. The topological polar surface area (TPSA) is 158 Å². The smallest absolute Gasteiger partial charge is 0.410 e. The van der Waals surface area contributed by atoms with Crippen LogP contribution in [-0.4, -0.2) is 110 Å². The van der Waals surface area contributed by atoms with Gasteiger partial charge in [0.25, 0.3) is 0 Å². The fourth-order valence-corrected chi connectivity index (χ4v) is 9.93. The standard InChI is InChI=1S/C50H64N2O11/c1-3-28-60-50-45(52(49(56)57-2)24-30-58-31-27-55)34-43(51-63-46-17-9-12-29-59-46)41-32-37(15-7-10-25-53)40(16-8-11-26-54)47(48(41)50)42-33-39(22-23-44(42)62-50)61-38-20-18-36(19-21-38)35-13-5-4-6-14-35/h3-6,13-14,18-23,32-33,37,40,45-48,53-55H,1,7-12,15-17,24-31,34H2,2H3/t37-,40+,45-,46?,47+,48+,50+/m0/s1. The number of rotatable bonds is 22. The molecule has 2 fully saturated rings. The van der Waals surface area contributed by atoms with Gasteiger partial charge in [-0.15, -0.1) is 6.58 Å². The number of hydrogen-bond acceptors (Lipinski definition) is 12. The van der Waals surface area contributed by atoms with Gasteiger partial charge in [0.05, 0.1) is 51.8 Å². The Morgan fingerprint density at radius 2 is 1.68 bits per heavy atom. The van der Waals surface area contributed by atoms with E-state index in [0.29, 0.717) is 48.8 Å². The number of methoxy groups -OCH3 is 1. The van der Waals surface area contributed by atoms with Gasteiger partial charge in [0, 0.05) is 44.1 Å². The highest BCUT2D eigenvalue weighted by molar-refractivity contribution is 6.03. The Balaban J connectivity index is 1.38. The molecule has 0 spiro atoms. The third-order valence-electron chi connectivity index (χ3n) is 12.8. The van der Waals surface area contributed by atoms with Crippen LogP contribution in [0, 0.1) is 17.8 Å². The molecule has 1 saturated carbocycles. The van der Waals surface area contributed by atoms with E-state index in [1.165, 1.54) is 7.11 Å². The molecule has 7 atom stereocenters. The zero-order valence-electron chi connectivity index (χ0n) is 36.5. The van der Waals surface area contributed by atoms with Crippen LogP contribution in [0.25, 0.3) is 11.1 Å². The second-order valence-electron chi connectivity index (χ2n) is 16.7. The molecule has 3 N–H and O–H groups in total. The molecule has 340 valence electrons. The zero-order valence-corrected chi connectivity index (χ0v) is 36.5. The average Bonchev–Trinajstić information content (AvgIpc) is 3.32. The van der Waals surface area contributed by atoms with Gasteiger partial charge in [-0.2, -0.15) is 0 Å². The van der Waals surface area contributed by atoms with Crippen LogP contribution in [0.2, 0.25) is 0 Å². The molecule has 3 aromatic carbocycles. The molecule has 4 aliphatic rings. The zero-order chi connectivity index (χ0) is 44.0. The molecular weight excluding hydrogens is 805 g/mol. The molecule has 1 saturated heterocycles. The number of carbonyl (C=O) groups excluding carboxylic acids is 1. The van der Waals surface area contributed by atoms with E-state index in [1.54, 1.807) is 11.0 Å². The van der Waals surface area contributed by atoms with Gasteiger partial charge in [-0.05, 0) is 97.4 Å². The number of allylic oxidation sites excluding steroid dienone is 1. The summed E-state index contributed by atoms with van der Waals surface area (Å²) in [6, 6.07) is 23.4. The van der Waals surface area contributed by atoms with E-state index < -0.39 is 30.1 Å². The first-order chi connectivity index (χ1) is 30.9.